The first-order valence-electron chi connectivity index (χ1n) is 6.45. The van der Waals surface area contributed by atoms with E-state index >= 15 is 0 Å². The normalized spacial score (nSPS) is 10.3. The zero-order chi connectivity index (χ0) is 14.7. The second-order valence-corrected chi connectivity index (χ2v) is 4.48. The summed E-state index contributed by atoms with van der Waals surface area (Å²) in [5.74, 6) is 0.191. The van der Waals surface area contributed by atoms with Gasteiger partial charge in [-0.05, 0) is 30.7 Å². The maximum Gasteiger partial charge on any atom is 0.279 e. The van der Waals surface area contributed by atoms with Crippen LogP contribution in [0.5, 0.6) is 0 Å². The number of hydrogen-bond donors (Lipinski definition) is 1. The predicted molar refractivity (Wildman–Crippen MR) is 78.3 cm³/mol. The van der Waals surface area contributed by atoms with Crippen molar-refractivity contribution in [3.05, 3.63) is 66.1 Å². The number of benzene rings is 1. The minimum Gasteiger partial charge on any atom is -0.305 e. The minimum atomic E-state index is -0.334. The topological polar surface area (TPSA) is 72.7 Å². The fraction of sp³-hybridized carbons (Fsp3) is 0.0667. The summed E-state index contributed by atoms with van der Waals surface area (Å²) in [7, 11) is 0. The molecule has 2 aromatic heterocycles. The predicted octanol–water partition coefficient (Wildman–Crippen LogP) is 2.22. The highest BCUT2D eigenvalue weighted by Gasteiger charge is 2.13. The molecule has 3 aromatic rings. The number of hydrogen-bond acceptors (Lipinski definition) is 4. The molecule has 0 aliphatic carbocycles. The number of carbonyl (C=O) groups excluding carboxylic acids is 1. The number of amides is 1. The molecule has 0 unspecified atom stereocenters. The number of anilines is 1. The van der Waals surface area contributed by atoms with E-state index in [9.17, 15) is 4.79 Å². The molecule has 1 aromatic carbocycles. The van der Waals surface area contributed by atoms with Crippen molar-refractivity contribution < 1.29 is 4.79 Å². The van der Waals surface area contributed by atoms with E-state index in [4.69, 9.17) is 0 Å². The second kappa shape index (κ2) is 5.54. The van der Waals surface area contributed by atoms with Gasteiger partial charge in [0.15, 0.2) is 5.69 Å². The van der Waals surface area contributed by atoms with Gasteiger partial charge in [-0.1, -0.05) is 24.3 Å². The first-order valence-corrected chi connectivity index (χ1v) is 6.45. The van der Waals surface area contributed by atoms with E-state index in [1.165, 1.54) is 11.0 Å². The maximum atomic E-state index is 12.1. The molecule has 0 saturated carbocycles. The molecule has 0 aliphatic heterocycles. The number of nitrogens with zero attached hydrogens (tertiary/aromatic N) is 4. The summed E-state index contributed by atoms with van der Waals surface area (Å²) in [5, 5.41) is 11.0. The van der Waals surface area contributed by atoms with Crippen LogP contribution in [0, 0.1) is 6.92 Å². The Morgan fingerprint density at radius 3 is 2.71 bits per heavy atom. The van der Waals surface area contributed by atoms with Crippen molar-refractivity contribution in [1.29, 1.82) is 0 Å². The first kappa shape index (κ1) is 13.0. The zero-order valence-electron chi connectivity index (χ0n) is 11.4. The summed E-state index contributed by atoms with van der Waals surface area (Å²) in [4.78, 5) is 17.7. The Labute approximate surface area is 121 Å². The molecule has 0 saturated heterocycles. The highest BCUT2D eigenvalue weighted by molar-refractivity contribution is 6.02. The van der Waals surface area contributed by atoms with Crippen LogP contribution in [0.15, 0.2) is 54.9 Å². The van der Waals surface area contributed by atoms with Gasteiger partial charge in [0.1, 0.15) is 5.82 Å². The van der Waals surface area contributed by atoms with Crippen LogP contribution in [-0.2, 0) is 0 Å². The lowest BCUT2D eigenvalue weighted by Gasteiger charge is -2.04. The van der Waals surface area contributed by atoms with Crippen LogP contribution in [0.25, 0.3) is 5.69 Å². The molecular formula is C15H13N5O. The number of aryl methyl sites for hydroxylation is 1. The molecule has 21 heavy (non-hydrogen) atoms. The molecule has 1 N–H and O–H groups in total. The fourth-order valence-corrected chi connectivity index (χ4v) is 1.84. The summed E-state index contributed by atoms with van der Waals surface area (Å²) in [6.45, 7) is 1.88. The average Bonchev–Trinajstić information content (AvgIpc) is 3.00. The van der Waals surface area contributed by atoms with E-state index in [1.54, 1.807) is 6.20 Å². The lowest BCUT2D eigenvalue weighted by atomic mass is 10.3. The third-order valence-electron chi connectivity index (χ3n) is 2.95. The number of carbonyl (C=O) groups is 1. The molecule has 6 nitrogen and oxygen atoms in total. The van der Waals surface area contributed by atoms with Crippen molar-refractivity contribution >= 4 is 11.7 Å². The van der Waals surface area contributed by atoms with Gasteiger partial charge in [0, 0.05) is 6.20 Å². The SMILES string of the molecule is Cc1cccnc1NC(=O)c1cnn(-c2ccccc2)n1. The summed E-state index contributed by atoms with van der Waals surface area (Å²) < 4.78 is 0. The molecule has 2 heterocycles. The number of pyridine rings is 1. The highest BCUT2D eigenvalue weighted by atomic mass is 16.2. The molecular weight excluding hydrogens is 266 g/mol. The van der Waals surface area contributed by atoms with E-state index in [1.807, 2.05) is 49.4 Å². The van der Waals surface area contributed by atoms with Gasteiger partial charge in [-0.3, -0.25) is 4.79 Å². The van der Waals surface area contributed by atoms with Gasteiger partial charge in [-0.25, -0.2) is 4.98 Å². The van der Waals surface area contributed by atoms with Crippen LogP contribution in [0.3, 0.4) is 0 Å². The monoisotopic (exact) mass is 279 g/mol. The number of nitrogens with one attached hydrogen (secondary N) is 1. The lowest BCUT2D eigenvalue weighted by molar-refractivity contribution is 0.102. The molecule has 0 radical (unpaired) electrons. The van der Waals surface area contributed by atoms with Crippen molar-refractivity contribution in [1.82, 2.24) is 20.0 Å². The number of rotatable bonds is 3. The van der Waals surface area contributed by atoms with Crippen LogP contribution in [-0.4, -0.2) is 25.9 Å². The highest BCUT2D eigenvalue weighted by Crippen LogP contribution is 2.11. The lowest BCUT2D eigenvalue weighted by Crippen LogP contribution is -2.15. The fourth-order valence-electron chi connectivity index (χ4n) is 1.84. The Balaban J connectivity index is 1.80. The molecule has 3 rings (SSSR count). The minimum absolute atomic E-state index is 0.240. The molecule has 0 fully saturated rings. The van der Waals surface area contributed by atoms with Crippen LogP contribution < -0.4 is 5.32 Å². The van der Waals surface area contributed by atoms with E-state index in [0.29, 0.717) is 5.82 Å². The standard InChI is InChI=1S/C15H13N5O/c1-11-6-5-9-16-14(11)18-15(21)13-10-17-20(19-13)12-7-3-2-4-8-12/h2-10H,1H3,(H,16,18,21). The van der Waals surface area contributed by atoms with Crippen molar-refractivity contribution in [2.75, 3.05) is 5.32 Å². The average molecular weight is 279 g/mol. The van der Waals surface area contributed by atoms with Crippen molar-refractivity contribution in [2.24, 2.45) is 0 Å². The summed E-state index contributed by atoms with van der Waals surface area (Å²) in [6, 6.07) is 13.1. The van der Waals surface area contributed by atoms with Gasteiger partial charge in [0.25, 0.3) is 5.91 Å². The van der Waals surface area contributed by atoms with Crippen molar-refractivity contribution in [2.45, 2.75) is 6.92 Å². The third kappa shape index (κ3) is 2.79. The Morgan fingerprint density at radius 2 is 1.95 bits per heavy atom. The Kier molecular flexibility index (Phi) is 3.42. The smallest absolute Gasteiger partial charge is 0.279 e. The Hall–Kier alpha value is -3.02. The van der Waals surface area contributed by atoms with Gasteiger partial charge in [0.2, 0.25) is 0 Å². The largest absolute Gasteiger partial charge is 0.305 e. The molecule has 6 heteroatoms. The van der Waals surface area contributed by atoms with Crippen LogP contribution in [0.1, 0.15) is 16.1 Å². The quantitative estimate of drug-likeness (QED) is 0.798. The van der Waals surface area contributed by atoms with E-state index in [2.05, 4.69) is 20.5 Å². The zero-order valence-corrected chi connectivity index (χ0v) is 11.4. The molecule has 1 amide bonds. The van der Waals surface area contributed by atoms with Crippen LogP contribution >= 0.6 is 0 Å². The third-order valence-corrected chi connectivity index (χ3v) is 2.95. The van der Waals surface area contributed by atoms with Gasteiger partial charge in [0.05, 0.1) is 11.9 Å². The van der Waals surface area contributed by atoms with E-state index in [-0.39, 0.29) is 11.6 Å². The molecule has 104 valence electrons. The Morgan fingerprint density at radius 1 is 1.14 bits per heavy atom. The van der Waals surface area contributed by atoms with Gasteiger partial charge >= 0.3 is 0 Å². The van der Waals surface area contributed by atoms with Gasteiger partial charge in [-0.2, -0.15) is 9.90 Å². The maximum absolute atomic E-state index is 12.1. The van der Waals surface area contributed by atoms with E-state index < -0.39 is 0 Å². The molecule has 0 aliphatic rings. The second-order valence-electron chi connectivity index (χ2n) is 4.48. The molecule has 0 spiro atoms. The summed E-state index contributed by atoms with van der Waals surface area (Å²) >= 11 is 0. The van der Waals surface area contributed by atoms with Crippen LogP contribution in [0.4, 0.5) is 5.82 Å². The molecule has 0 bridgehead atoms. The summed E-state index contributed by atoms with van der Waals surface area (Å²) in [5.41, 5.74) is 1.93. The number of para-hydroxylation sites is 1. The van der Waals surface area contributed by atoms with Gasteiger partial charge < -0.3 is 5.32 Å². The first-order chi connectivity index (χ1) is 10.2. The van der Waals surface area contributed by atoms with Crippen molar-refractivity contribution in [3.8, 4) is 5.69 Å². The van der Waals surface area contributed by atoms with Gasteiger partial charge in [-0.15, -0.1) is 5.10 Å². The van der Waals surface area contributed by atoms with Crippen molar-refractivity contribution in [3.63, 3.8) is 0 Å². The summed E-state index contributed by atoms with van der Waals surface area (Å²) in [6.07, 6.45) is 3.06. The van der Waals surface area contributed by atoms with E-state index in [0.717, 1.165) is 11.3 Å². The van der Waals surface area contributed by atoms with Crippen LogP contribution in [0.2, 0.25) is 0 Å². The number of aromatic nitrogens is 4. The molecule has 0 atom stereocenters. The Bertz CT molecular complexity index is 766.